The lowest BCUT2D eigenvalue weighted by atomic mass is 10.1. The fourth-order valence-corrected chi connectivity index (χ4v) is 3.50. The minimum atomic E-state index is -1.06. The van der Waals surface area contributed by atoms with Crippen LogP contribution in [0.5, 0.6) is 5.75 Å². The Balaban J connectivity index is 1.96. The second-order valence-electron chi connectivity index (χ2n) is 6.99. The number of hydrogen-bond donors (Lipinski definition) is 2. The van der Waals surface area contributed by atoms with E-state index in [1.807, 2.05) is 13.0 Å². The zero-order valence-electron chi connectivity index (χ0n) is 17.6. The maximum absolute atomic E-state index is 12.6. The van der Waals surface area contributed by atoms with Gasteiger partial charge in [0.15, 0.2) is 0 Å². The molecule has 0 bridgehead atoms. The molecule has 2 N–H and O–H groups in total. The van der Waals surface area contributed by atoms with Crippen LogP contribution in [-0.2, 0) is 4.79 Å². The van der Waals surface area contributed by atoms with Crippen molar-refractivity contribution in [2.45, 2.75) is 13.8 Å². The summed E-state index contributed by atoms with van der Waals surface area (Å²) in [4.78, 5) is 24.0. The zero-order chi connectivity index (χ0) is 23.4. The van der Waals surface area contributed by atoms with Crippen molar-refractivity contribution in [3.05, 3.63) is 81.6 Å². The van der Waals surface area contributed by atoms with E-state index in [0.717, 1.165) is 5.69 Å². The third-order valence-corrected chi connectivity index (χ3v) is 5.24. The second kappa shape index (κ2) is 9.41. The number of amides is 1. The first-order valence-electron chi connectivity index (χ1n) is 9.54. The Morgan fingerprint density at radius 1 is 1.16 bits per heavy atom. The number of hydrogen-bond acceptors (Lipinski definition) is 4. The third kappa shape index (κ3) is 4.66. The summed E-state index contributed by atoms with van der Waals surface area (Å²) in [5.74, 6) is -0.960. The van der Waals surface area contributed by atoms with Gasteiger partial charge in [-0.2, -0.15) is 5.26 Å². The summed E-state index contributed by atoms with van der Waals surface area (Å²) in [7, 11) is 1.55. The first-order valence-corrected chi connectivity index (χ1v) is 9.92. The third-order valence-electron chi connectivity index (χ3n) is 4.92. The van der Waals surface area contributed by atoms with E-state index in [4.69, 9.17) is 16.3 Å². The Morgan fingerprint density at radius 2 is 1.84 bits per heavy atom. The highest BCUT2D eigenvalue weighted by Gasteiger charge is 2.17. The Kier molecular flexibility index (Phi) is 6.67. The van der Waals surface area contributed by atoms with E-state index in [0.29, 0.717) is 33.4 Å². The number of carboxylic acids is 1. The molecule has 0 unspecified atom stereocenters. The van der Waals surface area contributed by atoms with Gasteiger partial charge in [-0.25, -0.2) is 4.79 Å². The Bertz CT molecular complexity index is 1270. The quantitative estimate of drug-likeness (QED) is 0.407. The van der Waals surface area contributed by atoms with Crippen LogP contribution in [0, 0.1) is 25.2 Å². The fourth-order valence-electron chi connectivity index (χ4n) is 3.30. The van der Waals surface area contributed by atoms with E-state index >= 15 is 0 Å². The van der Waals surface area contributed by atoms with Gasteiger partial charge in [-0.05, 0) is 74.0 Å². The smallest absolute Gasteiger partial charge is 0.335 e. The van der Waals surface area contributed by atoms with E-state index in [-0.39, 0.29) is 11.1 Å². The molecule has 0 saturated heterocycles. The van der Waals surface area contributed by atoms with E-state index in [1.165, 1.54) is 24.3 Å². The van der Waals surface area contributed by atoms with Crippen molar-refractivity contribution in [3.8, 4) is 17.5 Å². The van der Waals surface area contributed by atoms with Crippen molar-refractivity contribution in [1.29, 1.82) is 5.26 Å². The van der Waals surface area contributed by atoms with E-state index in [1.54, 1.807) is 48.9 Å². The number of carbonyl (C=O) groups excluding carboxylic acids is 1. The zero-order valence-corrected chi connectivity index (χ0v) is 18.4. The number of carbonyl (C=O) groups is 2. The molecule has 2 aromatic carbocycles. The second-order valence-corrected chi connectivity index (χ2v) is 7.39. The molecule has 0 atom stereocenters. The Hall–Kier alpha value is -4.02. The number of aromatic carboxylic acids is 1. The van der Waals surface area contributed by atoms with Crippen LogP contribution in [-0.4, -0.2) is 28.7 Å². The van der Waals surface area contributed by atoms with Gasteiger partial charge in [0.1, 0.15) is 17.4 Å². The molecule has 1 aromatic heterocycles. The van der Waals surface area contributed by atoms with Crippen LogP contribution in [0.2, 0.25) is 5.02 Å². The number of nitrogens with zero attached hydrogens (tertiary/aromatic N) is 2. The standard InChI is InChI=1S/C24H20ClN3O4/c1-14-10-17(15(2)28(14)22-12-16(24(30)31)4-9-21(22)25)11-18(13-26)23(29)27-19-5-7-20(32-3)8-6-19/h4-12H,1-3H3,(H,27,29)(H,30,31). The van der Waals surface area contributed by atoms with Crippen molar-refractivity contribution >= 4 is 35.2 Å². The van der Waals surface area contributed by atoms with Gasteiger partial charge < -0.3 is 19.7 Å². The predicted molar refractivity (Wildman–Crippen MR) is 122 cm³/mol. The number of ether oxygens (including phenoxy) is 1. The number of rotatable bonds is 6. The van der Waals surface area contributed by atoms with Gasteiger partial charge >= 0.3 is 5.97 Å². The van der Waals surface area contributed by atoms with Crippen molar-refractivity contribution < 1.29 is 19.4 Å². The van der Waals surface area contributed by atoms with Crippen LogP contribution in [0.3, 0.4) is 0 Å². The van der Waals surface area contributed by atoms with Gasteiger partial charge in [0.25, 0.3) is 5.91 Å². The number of carboxylic acid groups (broad SMARTS) is 1. The number of halogens is 1. The molecule has 3 aromatic rings. The molecule has 0 aliphatic carbocycles. The lowest BCUT2D eigenvalue weighted by Crippen LogP contribution is -2.13. The topological polar surface area (TPSA) is 104 Å². The molecule has 7 nitrogen and oxygen atoms in total. The van der Waals surface area contributed by atoms with Gasteiger partial charge in [0.05, 0.1) is 23.4 Å². The molecule has 1 amide bonds. The molecule has 0 aliphatic heterocycles. The summed E-state index contributed by atoms with van der Waals surface area (Å²) in [5, 5.41) is 21.9. The number of aromatic nitrogens is 1. The van der Waals surface area contributed by atoms with Gasteiger partial charge in [-0.3, -0.25) is 4.79 Å². The van der Waals surface area contributed by atoms with Crippen molar-refractivity contribution in [2.75, 3.05) is 12.4 Å². The van der Waals surface area contributed by atoms with Crippen LogP contribution < -0.4 is 10.1 Å². The molecule has 0 fully saturated rings. The van der Waals surface area contributed by atoms with Crippen LogP contribution in [0.15, 0.2) is 54.1 Å². The highest BCUT2D eigenvalue weighted by Crippen LogP contribution is 2.29. The summed E-state index contributed by atoms with van der Waals surface area (Å²) in [5.41, 5.74) is 3.17. The molecule has 32 heavy (non-hydrogen) atoms. The average molecular weight is 450 g/mol. The van der Waals surface area contributed by atoms with Crippen molar-refractivity contribution in [1.82, 2.24) is 4.57 Å². The monoisotopic (exact) mass is 449 g/mol. The number of methoxy groups -OCH3 is 1. The largest absolute Gasteiger partial charge is 0.497 e. The Morgan fingerprint density at radius 3 is 2.44 bits per heavy atom. The number of anilines is 1. The minimum Gasteiger partial charge on any atom is -0.497 e. The van der Waals surface area contributed by atoms with Gasteiger partial charge in [-0.1, -0.05) is 11.6 Å². The van der Waals surface area contributed by atoms with Gasteiger partial charge in [-0.15, -0.1) is 0 Å². The molecule has 8 heteroatoms. The van der Waals surface area contributed by atoms with Gasteiger partial charge in [0, 0.05) is 17.1 Å². The normalized spacial score (nSPS) is 11.0. The highest BCUT2D eigenvalue weighted by atomic mass is 35.5. The summed E-state index contributed by atoms with van der Waals surface area (Å²) in [6.07, 6.45) is 1.49. The average Bonchev–Trinajstić information content (AvgIpc) is 3.05. The van der Waals surface area contributed by atoms with Crippen LogP contribution >= 0.6 is 11.6 Å². The summed E-state index contributed by atoms with van der Waals surface area (Å²) >= 11 is 6.33. The van der Waals surface area contributed by atoms with E-state index in [9.17, 15) is 20.0 Å². The molecule has 0 spiro atoms. The van der Waals surface area contributed by atoms with Crippen LogP contribution in [0.25, 0.3) is 11.8 Å². The SMILES string of the molecule is COc1ccc(NC(=O)C(C#N)=Cc2cc(C)n(-c3cc(C(=O)O)ccc3Cl)c2C)cc1. The number of nitrogens with one attached hydrogen (secondary N) is 1. The van der Waals surface area contributed by atoms with Gasteiger partial charge in [0.2, 0.25) is 0 Å². The maximum atomic E-state index is 12.6. The summed E-state index contributed by atoms with van der Waals surface area (Å²) in [6, 6.07) is 14.9. The molecular formula is C24H20ClN3O4. The molecule has 0 aliphatic rings. The lowest BCUT2D eigenvalue weighted by molar-refractivity contribution is -0.112. The van der Waals surface area contributed by atoms with Crippen LogP contribution in [0.1, 0.15) is 27.3 Å². The fraction of sp³-hybridized carbons (Fsp3) is 0.125. The highest BCUT2D eigenvalue weighted by molar-refractivity contribution is 6.32. The lowest BCUT2D eigenvalue weighted by Gasteiger charge is -2.12. The minimum absolute atomic E-state index is 0.0774. The van der Waals surface area contributed by atoms with Crippen molar-refractivity contribution in [3.63, 3.8) is 0 Å². The predicted octanol–water partition coefficient (Wildman–Crippen LogP) is 5.00. The van der Waals surface area contributed by atoms with Crippen molar-refractivity contribution in [2.24, 2.45) is 0 Å². The summed E-state index contributed by atoms with van der Waals surface area (Å²) in [6.45, 7) is 3.64. The number of aryl methyl sites for hydroxylation is 1. The first kappa shape index (κ1) is 22.7. The van der Waals surface area contributed by atoms with Crippen LogP contribution in [0.4, 0.5) is 5.69 Å². The Labute approximate surface area is 190 Å². The molecule has 1 heterocycles. The molecule has 0 saturated carbocycles. The van der Waals surface area contributed by atoms with E-state index in [2.05, 4.69) is 5.32 Å². The molecule has 162 valence electrons. The first-order chi connectivity index (χ1) is 15.2. The van der Waals surface area contributed by atoms with E-state index < -0.39 is 11.9 Å². The molecule has 3 rings (SSSR count). The molecular weight excluding hydrogens is 430 g/mol. The summed E-state index contributed by atoms with van der Waals surface area (Å²) < 4.78 is 6.88. The number of nitriles is 1. The number of benzene rings is 2. The molecule has 0 radical (unpaired) electrons. The maximum Gasteiger partial charge on any atom is 0.335 e.